The van der Waals surface area contributed by atoms with E-state index in [1.807, 2.05) is 19.0 Å². The number of benzene rings is 1. The number of nitrogens with two attached hydrogens (primary N) is 1. The molecule has 0 aliphatic heterocycles. The van der Waals surface area contributed by atoms with Gasteiger partial charge in [0.05, 0.1) is 11.6 Å². The van der Waals surface area contributed by atoms with Gasteiger partial charge in [0.15, 0.2) is 11.4 Å². The molecule has 0 bridgehead atoms. The zero-order chi connectivity index (χ0) is 28.5. The topological polar surface area (TPSA) is 178 Å². The van der Waals surface area contributed by atoms with Gasteiger partial charge in [-0.3, -0.25) is 24.3 Å². The maximum atomic E-state index is 14.1. The summed E-state index contributed by atoms with van der Waals surface area (Å²) in [6, 6.07) is 4.12. The Hall–Kier alpha value is -4.22. The first kappa shape index (κ1) is 26.4. The fourth-order valence-electron chi connectivity index (χ4n) is 6.45. The lowest BCUT2D eigenvalue weighted by molar-refractivity contribution is -0.148. The van der Waals surface area contributed by atoms with Gasteiger partial charge in [0.1, 0.15) is 22.8 Å². The zero-order valence-electron chi connectivity index (χ0n) is 22.0. The number of aliphatic hydroxyl groups excluding tert-OH is 2. The second-order valence-corrected chi connectivity index (χ2v) is 10.7. The van der Waals surface area contributed by atoms with Gasteiger partial charge >= 0.3 is 0 Å². The molecule has 1 aromatic carbocycles. The predicted octanol–water partition coefficient (Wildman–Crippen LogP) is 1.25. The van der Waals surface area contributed by atoms with Crippen molar-refractivity contribution >= 4 is 23.2 Å². The third-order valence-corrected chi connectivity index (χ3v) is 8.17. The van der Waals surface area contributed by atoms with Crippen LogP contribution in [0.15, 0.2) is 53.3 Å². The van der Waals surface area contributed by atoms with Gasteiger partial charge in [0.25, 0.3) is 5.91 Å². The Morgan fingerprint density at radius 3 is 2.31 bits per heavy atom. The summed E-state index contributed by atoms with van der Waals surface area (Å²) in [6.07, 6.45) is 3.36. The molecule has 3 aliphatic carbocycles. The number of fused-ring (bicyclic) bond motifs is 3. The summed E-state index contributed by atoms with van der Waals surface area (Å²) < 4.78 is 0. The van der Waals surface area contributed by atoms with E-state index in [9.17, 15) is 34.8 Å². The number of allylic oxidation sites excluding steroid dienone is 1. The molecule has 6 N–H and O–H groups in total. The number of hydrogen-bond donors (Lipinski definition) is 5. The summed E-state index contributed by atoms with van der Waals surface area (Å²) in [4.78, 5) is 47.0. The molecule has 1 unspecified atom stereocenters. The molecule has 1 amide bonds. The van der Waals surface area contributed by atoms with Gasteiger partial charge in [-0.1, -0.05) is 0 Å². The largest absolute Gasteiger partial charge is 0.510 e. The van der Waals surface area contributed by atoms with E-state index in [1.54, 1.807) is 44.7 Å². The lowest BCUT2D eigenvalue weighted by atomic mass is 9.58. The minimum absolute atomic E-state index is 0.0332. The monoisotopic (exact) mass is 534 g/mol. The second kappa shape index (κ2) is 8.92. The normalized spacial score (nSPS) is 26.4. The summed E-state index contributed by atoms with van der Waals surface area (Å²) in [5, 5.41) is 45.5. The average molecular weight is 535 g/mol. The van der Waals surface area contributed by atoms with Crippen LogP contribution in [0.5, 0.6) is 5.75 Å². The minimum Gasteiger partial charge on any atom is -0.510 e. The van der Waals surface area contributed by atoms with Gasteiger partial charge < -0.3 is 31.1 Å². The highest BCUT2D eigenvalue weighted by atomic mass is 16.3. The van der Waals surface area contributed by atoms with E-state index in [0.717, 1.165) is 0 Å². The zero-order valence-corrected chi connectivity index (χ0v) is 22.0. The quantitative estimate of drug-likeness (QED) is 0.359. The van der Waals surface area contributed by atoms with Crippen LogP contribution in [0.25, 0.3) is 11.1 Å². The van der Waals surface area contributed by atoms with Crippen molar-refractivity contribution in [1.82, 2.24) is 9.88 Å². The van der Waals surface area contributed by atoms with Gasteiger partial charge in [-0.15, -0.1) is 0 Å². The van der Waals surface area contributed by atoms with Crippen LogP contribution in [0.1, 0.15) is 22.3 Å². The molecular formula is C28H30N4O7. The molecule has 0 fully saturated rings. The van der Waals surface area contributed by atoms with Crippen molar-refractivity contribution in [3.8, 4) is 16.9 Å². The van der Waals surface area contributed by atoms with Gasteiger partial charge in [0, 0.05) is 49.2 Å². The second-order valence-electron chi connectivity index (χ2n) is 10.7. The van der Waals surface area contributed by atoms with E-state index >= 15 is 0 Å². The Labute approximate surface area is 224 Å². The standard InChI is InChI=1S/C28H30N4O7/c1-31(2)17-11-14(12-5-7-30-8-6-12)22(33)19-15(17)9-13-10-16-21(32(3)4)24(35)20(27(29)38)26(37)28(16,39)25(36)18(13)23(19)34/h5-8,11,13,16,21,33,35-36,39H,9-10H2,1-4H3,(H2,29,38)/t13-,16-,21-,28?/m0/s1. The molecule has 0 spiro atoms. The molecule has 0 radical (unpaired) electrons. The molecular weight excluding hydrogens is 504 g/mol. The number of primary amides is 1. The number of rotatable bonds is 4. The SMILES string of the molecule is CN(C)c1cc(-c2ccncc2)c(O)c2c1C[C@H]1C[C@H]3[C@H](N(C)C)C(O)=C(C(N)=O)C(=O)C3(O)C(O)=C1C2=O. The number of aromatic hydroxyl groups is 1. The lowest BCUT2D eigenvalue weighted by Gasteiger charge is -2.50. The number of anilines is 1. The van der Waals surface area contributed by atoms with Crippen molar-refractivity contribution in [2.45, 2.75) is 24.5 Å². The fourth-order valence-corrected chi connectivity index (χ4v) is 6.45. The van der Waals surface area contributed by atoms with Gasteiger partial charge in [-0.2, -0.15) is 0 Å². The molecule has 204 valence electrons. The average Bonchev–Trinajstić information content (AvgIpc) is 2.86. The molecule has 4 atom stereocenters. The number of aromatic nitrogens is 1. The third-order valence-electron chi connectivity index (χ3n) is 8.17. The number of amides is 1. The molecule has 1 heterocycles. The van der Waals surface area contributed by atoms with E-state index in [1.165, 1.54) is 4.90 Å². The van der Waals surface area contributed by atoms with Crippen LogP contribution < -0.4 is 10.6 Å². The van der Waals surface area contributed by atoms with Crippen molar-refractivity contribution < 1.29 is 34.8 Å². The number of likely N-dealkylation sites (N-methyl/N-ethyl adjacent to an activating group) is 1. The highest BCUT2D eigenvalue weighted by Crippen LogP contribution is 2.54. The van der Waals surface area contributed by atoms with E-state index in [2.05, 4.69) is 4.98 Å². The van der Waals surface area contributed by atoms with Gasteiger partial charge in [-0.05, 0) is 62.2 Å². The van der Waals surface area contributed by atoms with Crippen LogP contribution >= 0.6 is 0 Å². The summed E-state index contributed by atoms with van der Waals surface area (Å²) in [7, 11) is 6.81. The molecule has 0 saturated heterocycles. The van der Waals surface area contributed by atoms with E-state index in [0.29, 0.717) is 22.4 Å². The Kier molecular flexibility index (Phi) is 6.04. The highest BCUT2D eigenvalue weighted by Gasteiger charge is 2.63. The minimum atomic E-state index is -2.67. The molecule has 2 aromatic rings. The van der Waals surface area contributed by atoms with E-state index < -0.39 is 58.0 Å². The van der Waals surface area contributed by atoms with Crippen molar-refractivity contribution in [2.24, 2.45) is 17.6 Å². The number of pyridine rings is 1. The van der Waals surface area contributed by atoms with Gasteiger partial charge in [-0.25, -0.2) is 0 Å². The molecule has 5 rings (SSSR count). The first-order chi connectivity index (χ1) is 18.3. The molecule has 39 heavy (non-hydrogen) atoms. The number of carbonyl (C=O) groups excluding carboxylic acids is 3. The number of nitrogens with zero attached hydrogens (tertiary/aromatic N) is 3. The van der Waals surface area contributed by atoms with Gasteiger partial charge in [0.2, 0.25) is 5.78 Å². The number of Topliss-reactive ketones (excluding diaryl/α,β-unsaturated/α-hetero) is 2. The Morgan fingerprint density at radius 1 is 1.10 bits per heavy atom. The summed E-state index contributed by atoms with van der Waals surface area (Å²) in [5.74, 6) is -6.74. The Morgan fingerprint density at radius 2 is 1.74 bits per heavy atom. The van der Waals surface area contributed by atoms with Crippen LogP contribution in [-0.2, 0) is 16.0 Å². The molecule has 11 nitrogen and oxygen atoms in total. The first-order valence-corrected chi connectivity index (χ1v) is 12.4. The summed E-state index contributed by atoms with van der Waals surface area (Å²) >= 11 is 0. The van der Waals surface area contributed by atoms with Crippen LogP contribution in [0, 0.1) is 11.8 Å². The maximum Gasteiger partial charge on any atom is 0.255 e. The lowest BCUT2D eigenvalue weighted by Crippen LogP contribution is -2.63. The number of phenols is 1. The number of ketones is 2. The number of phenolic OH excluding ortho intramolecular Hbond substituents is 1. The van der Waals surface area contributed by atoms with E-state index in [4.69, 9.17) is 5.73 Å². The first-order valence-electron chi connectivity index (χ1n) is 12.4. The van der Waals surface area contributed by atoms with Crippen LogP contribution in [0.3, 0.4) is 0 Å². The molecule has 11 heteroatoms. The third kappa shape index (κ3) is 3.57. The summed E-state index contributed by atoms with van der Waals surface area (Å²) in [6.45, 7) is 0. The Balaban J connectivity index is 1.76. The number of aliphatic hydroxyl groups is 3. The number of hydrogen-bond acceptors (Lipinski definition) is 10. The van der Waals surface area contributed by atoms with Crippen LogP contribution in [0.2, 0.25) is 0 Å². The van der Waals surface area contributed by atoms with Crippen molar-refractivity contribution in [1.29, 1.82) is 0 Å². The van der Waals surface area contributed by atoms with Crippen LogP contribution in [-0.4, -0.2) is 87.6 Å². The number of carbonyl (C=O) groups is 3. The Bertz CT molecular complexity index is 1490. The molecule has 1 aromatic heterocycles. The molecule has 3 aliphatic rings. The predicted molar refractivity (Wildman–Crippen MR) is 141 cm³/mol. The maximum absolute atomic E-state index is 14.1. The molecule has 0 saturated carbocycles. The highest BCUT2D eigenvalue weighted by molar-refractivity contribution is 6.25. The van der Waals surface area contributed by atoms with E-state index in [-0.39, 0.29) is 29.7 Å². The fraction of sp³-hybridized carbons (Fsp3) is 0.357. The smallest absolute Gasteiger partial charge is 0.255 e. The summed E-state index contributed by atoms with van der Waals surface area (Å²) in [5.41, 5.74) is 3.90. The van der Waals surface area contributed by atoms with Crippen molar-refractivity contribution in [3.63, 3.8) is 0 Å². The van der Waals surface area contributed by atoms with Crippen LogP contribution in [0.4, 0.5) is 5.69 Å². The van der Waals surface area contributed by atoms with Crippen molar-refractivity contribution in [3.05, 3.63) is 64.4 Å². The van der Waals surface area contributed by atoms with Crippen molar-refractivity contribution in [2.75, 3.05) is 33.1 Å².